The van der Waals surface area contributed by atoms with E-state index in [1.165, 1.54) is 11.1 Å². The summed E-state index contributed by atoms with van der Waals surface area (Å²) in [7, 11) is 0. The Morgan fingerprint density at radius 1 is 1.47 bits per heavy atom. The van der Waals surface area contributed by atoms with Crippen LogP contribution in [0, 0.1) is 6.92 Å². The van der Waals surface area contributed by atoms with Crippen LogP contribution in [0.5, 0.6) is 0 Å². The van der Waals surface area contributed by atoms with Gasteiger partial charge in [0.15, 0.2) is 0 Å². The molecule has 90 valence electrons. The van der Waals surface area contributed by atoms with Crippen LogP contribution in [-0.4, -0.2) is 39.5 Å². The number of carbonyl (C=O) groups excluding carboxylic acids is 1. The third-order valence-electron chi connectivity index (χ3n) is 2.92. The van der Waals surface area contributed by atoms with Crippen LogP contribution in [0.3, 0.4) is 0 Å². The summed E-state index contributed by atoms with van der Waals surface area (Å²) in [5.41, 5.74) is 1.35. The van der Waals surface area contributed by atoms with Crippen LogP contribution in [0.1, 0.15) is 28.8 Å². The highest BCUT2D eigenvalue weighted by molar-refractivity contribution is 5.96. The summed E-state index contributed by atoms with van der Waals surface area (Å²) < 4.78 is 0. The lowest BCUT2D eigenvalue weighted by Crippen LogP contribution is -2.40. The maximum Gasteiger partial charge on any atom is 0.326 e. The molecule has 0 saturated carbocycles. The molecule has 0 spiro atoms. The van der Waals surface area contributed by atoms with Gasteiger partial charge < -0.3 is 10.0 Å². The molecule has 0 aromatic carbocycles. The number of aryl methyl sites for hydroxylation is 1. The lowest BCUT2D eigenvalue weighted by Gasteiger charge is -2.21. The van der Waals surface area contributed by atoms with Crippen molar-refractivity contribution in [2.24, 2.45) is 0 Å². The van der Waals surface area contributed by atoms with Gasteiger partial charge in [0.1, 0.15) is 6.04 Å². The Hall–Kier alpha value is -1.91. The number of carboxylic acid groups (broad SMARTS) is 1. The van der Waals surface area contributed by atoms with Gasteiger partial charge in [-0.05, 0) is 31.4 Å². The Labute approximate surface area is 99.1 Å². The zero-order chi connectivity index (χ0) is 12.4. The van der Waals surface area contributed by atoms with Crippen molar-refractivity contribution in [3.05, 3.63) is 29.6 Å². The van der Waals surface area contributed by atoms with E-state index < -0.39 is 12.0 Å². The molecule has 1 aliphatic rings. The number of likely N-dealkylation sites (tertiary alicyclic amines) is 1. The molecule has 1 atom stereocenters. The highest BCUT2D eigenvalue weighted by atomic mass is 16.4. The maximum absolute atomic E-state index is 12.1. The topological polar surface area (TPSA) is 70.5 Å². The lowest BCUT2D eigenvalue weighted by molar-refractivity contribution is -0.141. The van der Waals surface area contributed by atoms with Gasteiger partial charge in [-0.15, -0.1) is 0 Å². The molecular formula is C12H14N2O3. The van der Waals surface area contributed by atoms with E-state index in [9.17, 15) is 9.59 Å². The number of hydrogen-bond donors (Lipinski definition) is 1. The molecule has 0 radical (unpaired) electrons. The molecule has 1 aromatic heterocycles. The van der Waals surface area contributed by atoms with Gasteiger partial charge in [0, 0.05) is 18.9 Å². The molecule has 0 aliphatic carbocycles. The van der Waals surface area contributed by atoms with E-state index in [0.29, 0.717) is 18.5 Å². The van der Waals surface area contributed by atoms with Gasteiger partial charge >= 0.3 is 5.97 Å². The molecule has 2 rings (SSSR count). The summed E-state index contributed by atoms with van der Waals surface area (Å²) in [6.07, 6.45) is 4.41. The molecule has 17 heavy (non-hydrogen) atoms. The molecule has 1 amide bonds. The van der Waals surface area contributed by atoms with Crippen molar-refractivity contribution >= 4 is 11.9 Å². The first kappa shape index (κ1) is 11.6. The Morgan fingerprint density at radius 3 is 2.88 bits per heavy atom. The Bertz CT molecular complexity index is 459. The zero-order valence-electron chi connectivity index (χ0n) is 9.59. The van der Waals surface area contributed by atoms with Crippen LogP contribution in [0.25, 0.3) is 0 Å². The van der Waals surface area contributed by atoms with Crippen LogP contribution >= 0.6 is 0 Å². The van der Waals surface area contributed by atoms with Crippen LogP contribution < -0.4 is 0 Å². The number of pyridine rings is 1. The Balaban J connectivity index is 2.23. The van der Waals surface area contributed by atoms with Crippen molar-refractivity contribution in [2.45, 2.75) is 25.8 Å². The van der Waals surface area contributed by atoms with E-state index >= 15 is 0 Å². The normalized spacial score (nSPS) is 19.4. The average molecular weight is 234 g/mol. The van der Waals surface area contributed by atoms with Crippen molar-refractivity contribution in [1.29, 1.82) is 0 Å². The highest BCUT2D eigenvalue weighted by Crippen LogP contribution is 2.20. The third-order valence-corrected chi connectivity index (χ3v) is 2.92. The molecular weight excluding hydrogens is 220 g/mol. The molecule has 1 unspecified atom stereocenters. The quantitative estimate of drug-likeness (QED) is 0.831. The fraction of sp³-hybridized carbons (Fsp3) is 0.417. The van der Waals surface area contributed by atoms with E-state index in [4.69, 9.17) is 5.11 Å². The minimum atomic E-state index is -0.934. The van der Waals surface area contributed by atoms with Gasteiger partial charge in [-0.1, -0.05) is 0 Å². The van der Waals surface area contributed by atoms with E-state index in [1.807, 2.05) is 6.92 Å². The fourth-order valence-electron chi connectivity index (χ4n) is 2.10. The van der Waals surface area contributed by atoms with Gasteiger partial charge in [0.2, 0.25) is 0 Å². The minimum Gasteiger partial charge on any atom is -0.480 e. The van der Waals surface area contributed by atoms with Gasteiger partial charge in [0.05, 0.1) is 5.56 Å². The molecule has 2 heterocycles. The molecule has 1 N–H and O–H groups in total. The Morgan fingerprint density at radius 2 is 2.24 bits per heavy atom. The maximum atomic E-state index is 12.1. The molecule has 0 bridgehead atoms. The Kier molecular flexibility index (Phi) is 3.08. The number of carboxylic acids is 1. The molecule has 1 fully saturated rings. The first-order valence-electron chi connectivity index (χ1n) is 5.55. The molecule has 1 aromatic rings. The number of amides is 1. The minimum absolute atomic E-state index is 0.244. The van der Waals surface area contributed by atoms with Crippen molar-refractivity contribution in [2.75, 3.05) is 6.54 Å². The van der Waals surface area contributed by atoms with E-state index in [0.717, 1.165) is 12.0 Å². The highest BCUT2D eigenvalue weighted by Gasteiger charge is 2.34. The summed E-state index contributed by atoms with van der Waals surface area (Å²) >= 11 is 0. The first-order chi connectivity index (χ1) is 8.09. The summed E-state index contributed by atoms with van der Waals surface area (Å²) in [6, 6.07) is 1.04. The van der Waals surface area contributed by atoms with Gasteiger partial charge in [-0.25, -0.2) is 4.79 Å². The average Bonchev–Trinajstić information content (AvgIpc) is 2.77. The summed E-state index contributed by atoms with van der Waals surface area (Å²) in [6.45, 7) is 2.35. The van der Waals surface area contributed by atoms with Crippen LogP contribution in [0.4, 0.5) is 0 Å². The number of hydrogen-bond acceptors (Lipinski definition) is 3. The predicted octanol–water partition coefficient (Wildman–Crippen LogP) is 1.08. The SMILES string of the molecule is Cc1cncc(C(=O)N2CCCC2C(=O)O)c1. The number of aliphatic carboxylic acids is 1. The van der Waals surface area contributed by atoms with E-state index in [1.54, 1.807) is 12.3 Å². The van der Waals surface area contributed by atoms with Crippen LogP contribution in [-0.2, 0) is 4.79 Å². The second-order valence-electron chi connectivity index (χ2n) is 4.25. The van der Waals surface area contributed by atoms with Crippen LogP contribution in [0.2, 0.25) is 0 Å². The van der Waals surface area contributed by atoms with Crippen molar-refractivity contribution in [3.63, 3.8) is 0 Å². The molecule has 5 heteroatoms. The first-order valence-corrected chi connectivity index (χ1v) is 5.55. The standard InChI is InChI=1S/C12H14N2O3/c1-8-5-9(7-13-6-8)11(15)14-4-2-3-10(14)12(16)17/h5-7,10H,2-4H2,1H3,(H,16,17). The molecule has 5 nitrogen and oxygen atoms in total. The van der Waals surface area contributed by atoms with E-state index in [2.05, 4.69) is 4.98 Å². The number of aromatic nitrogens is 1. The van der Waals surface area contributed by atoms with Gasteiger partial charge in [0.25, 0.3) is 5.91 Å². The summed E-state index contributed by atoms with van der Waals surface area (Å²) in [4.78, 5) is 28.5. The molecule has 1 saturated heterocycles. The fourth-order valence-corrected chi connectivity index (χ4v) is 2.10. The van der Waals surface area contributed by atoms with E-state index in [-0.39, 0.29) is 5.91 Å². The summed E-state index contributed by atoms with van der Waals surface area (Å²) in [5.74, 6) is -1.18. The smallest absolute Gasteiger partial charge is 0.326 e. The van der Waals surface area contributed by atoms with Gasteiger partial charge in [-0.2, -0.15) is 0 Å². The number of rotatable bonds is 2. The third kappa shape index (κ3) is 2.27. The summed E-state index contributed by atoms with van der Waals surface area (Å²) in [5, 5.41) is 9.02. The monoisotopic (exact) mass is 234 g/mol. The zero-order valence-corrected chi connectivity index (χ0v) is 9.59. The van der Waals surface area contributed by atoms with Crippen molar-refractivity contribution in [3.8, 4) is 0 Å². The number of carbonyl (C=O) groups is 2. The second kappa shape index (κ2) is 4.53. The number of nitrogens with zero attached hydrogens (tertiary/aromatic N) is 2. The second-order valence-corrected chi connectivity index (χ2v) is 4.25. The van der Waals surface area contributed by atoms with Crippen molar-refractivity contribution in [1.82, 2.24) is 9.88 Å². The largest absolute Gasteiger partial charge is 0.480 e. The van der Waals surface area contributed by atoms with Crippen molar-refractivity contribution < 1.29 is 14.7 Å². The van der Waals surface area contributed by atoms with Gasteiger partial charge in [-0.3, -0.25) is 9.78 Å². The lowest BCUT2D eigenvalue weighted by atomic mass is 10.1. The molecule has 1 aliphatic heterocycles. The predicted molar refractivity (Wildman–Crippen MR) is 60.7 cm³/mol. The van der Waals surface area contributed by atoms with Crippen LogP contribution in [0.15, 0.2) is 18.5 Å².